The number of fused-ring (bicyclic) bond motifs is 1. The number of aromatic nitrogens is 2. The summed E-state index contributed by atoms with van der Waals surface area (Å²) in [6.45, 7) is 3.39. The van der Waals surface area contributed by atoms with E-state index in [0.29, 0.717) is 24.0 Å². The van der Waals surface area contributed by atoms with Crippen LogP contribution in [0.4, 0.5) is 4.39 Å². The number of amides is 3. The lowest BCUT2D eigenvalue weighted by molar-refractivity contribution is -0.147. The maximum Gasteiger partial charge on any atom is 0.312 e. The van der Waals surface area contributed by atoms with E-state index in [0.717, 1.165) is 4.90 Å². The average molecular weight is 492 g/mol. The lowest BCUT2D eigenvalue weighted by Crippen LogP contribution is -2.44. The number of carbonyl (C=O) groups is 3. The number of likely N-dealkylation sites (N-methyl/N-ethyl adjacent to an activating group) is 2. The van der Waals surface area contributed by atoms with Crippen molar-refractivity contribution < 1.29 is 28.6 Å². The van der Waals surface area contributed by atoms with Crippen molar-refractivity contribution in [2.45, 2.75) is 44.9 Å². The van der Waals surface area contributed by atoms with Gasteiger partial charge in [-0.1, -0.05) is 12.2 Å². The minimum atomic E-state index is -1.05. The predicted octanol–water partition coefficient (Wildman–Crippen LogP) is 0.520. The van der Waals surface area contributed by atoms with Crippen molar-refractivity contribution in [3.8, 4) is 5.75 Å². The van der Waals surface area contributed by atoms with E-state index in [2.05, 4.69) is 15.6 Å². The molecule has 2 aliphatic rings. The number of hydrogen-bond donors (Lipinski definition) is 3. The van der Waals surface area contributed by atoms with Crippen LogP contribution in [0.3, 0.4) is 0 Å². The zero-order valence-corrected chi connectivity index (χ0v) is 20.1. The lowest BCUT2D eigenvalue weighted by Gasteiger charge is -2.27. The molecule has 190 valence electrons. The Bertz CT molecular complexity index is 1140. The Hall–Kier alpha value is -3.54. The molecule has 3 atom stereocenters. The molecule has 0 radical (unpaired) electrons. The number of alkyl halides is 1. The Labute approximate surface area is 201 Å². The van der Waals surface area contributed by atoms with Gasteiger partial charge in [0.15, 0.2) is 5.69 Å². The topological polar surface area (TPSA) is 143 Å². The number of hydrogen-bond acceptors (Lipinski definition) is 7. The van der Waals surface area contributed by atoms with Crippen LogP contribution in [0.15, 0.2) is 28.1 Å². The maximum atomic E-state index is 13.9. The fourth-order valence-electron chi connectivity index (χ4n) is 4.03. The minimum Gasteiger partial charge on any atom is -0.501 e. The highest BCUT2D eigenvalue weighted by atomic mass is 19.1. The van der Waals surface area contributed by atoms with Gasteiger partial charge in [0.25, 0.3) is 11.5 Å². The molecule has 3 unspecified atom stereocenters. The van der Waals surface area contributed by atoms with Crippen LogP contribution in [0.2, 0.25) is 0 Å². The van der Waals surface area contributed by atoms with Crippen LogP contribution < -0.4 is 16.2 Å². The van der Waals surface area contributed by atoms with Crippen molar-refractivity contribution in [2.75, 3.05) is 33.9 Å². The zero-order valence-electron chi connectivity index (χ0n) is 20.1. The van der Waals surface area contributed by atoms with E-state index in [-0.39, 0.29) is 25.6 Å². The van der Waals surface area contributed by atoms with Gasteiger partial charge in [-0.15, -0.1) is 0 Å². The second kappa shape index (κ2) is 10.8. The summed E-state index contributed by atoms with van der Waals surface area (Å²) < 4.78 is 20.6. The van der Waals surface area contributed by atoms with Gasteiger partial charge in [-0.25, -0.2) is 9.37 Å². The van der Waals surface area contributed by atoms with Gasteiger partial charge in [-0.05, 0) is 37.8 Å². The minimum absolute atomic E-state index is 0.00685. The summed E-state index contributed by atoms with van der Waals surface area (Å²) >= 11 is 0. The van der Waals surface area contributed by atoms with Crippen LogP contribution in [-0.4, -0.2) is 77.3 Å². The molecule has 3 rings (SSSR count). The Morgan fingerprint density at radius 1 is 1.34 bits per heavy atom. The van der Waals surface area contributed by atoms with Crippen molar-refractivity contribution >= 4 is 17.7 Å². The molecule has 1 aliphatic heterocycles. The second-order valence-corrected chi connectivity index (χ2v) is 8.63. The van der Waals surface area contributed by atoms with Gasteiger partial charge in [0.1, 0.15) is 18.0 Å². The molecule has 1 aromatic rings. The van der Waals surface area contributed by atoms with Gasteiger partial charge in [-0.2, -0.15) is 0 Å². The number of nitrogens with one attached hydrogen (secondary N) is 2. The van der Waals surface area contributed by atoms with Crippen molar-refractivity contribution in [2.24, 2.45) is 0 Å². The smallest absolute Gasteiger partial charge is 0.312 e. The van der Waals surface area contributed by atoms with E-state index in [1.54, 1.807) is 19.9 Å². The average Bonchev–Trinajstić information content (AvgIpc) is 3.10. The third kappa shape index (κ3) is 5.42. The Balaban J connectivity index is 1.96. The molecule has 0 spiro atoms. The molecule has 3 amide bonds. The van der Waals surface area contributed by atoms with E-state index in [1.165, 1.54) is 18.7 Å². The van der Waals surface area contributed by atoms with E-state index in [4.69, 9.17) is 4.74 Å². The van der Waals surface area contributed by atoms with Gasteiger partial charge in [0.2, 0.25) is 5.75 Å². The summed E-state index contributed by atoms with van der Waals surface area (Å²) in [5.41, 5.74) is -0.140. The van der Waals surface area contributed by atoms with E-state index in [9.17, 15) is 28.7 Å². The normalized spacial score (nSPS) is 22.0. The number of aromatic hydroxyl groups is 1. The predicted molar refractivity (Wildman–Crippen MR) is 124 cm³/mol. The van der Waals surface area contributed by atoms with Gasteiger partial charge >= 0.3 is 11.8 Å². The van der Waals surface area contributed by atoms with Crippen molar-refractivity contribution in [3.63, 3.8) is 0 Å². The Morgan fingerprint density at radius 2 is 2.06 bits per heavy atom. The first-order valence-electron chi connectivity index (χ1n) is 11.3. The quantitative estimate of drug-likeness (QED) is 0.521. The molecule has 0 bridgehead atoms. The van der Waals surface area contributed by atoms with Crippen LogP contribution >= 0.6 is 0 Å². The fraction of sp³-hybridized carbons (Fsp3) is 0.522. The number of carbonyl (C=O) groups excluding carboxylic acids is 3. The van der Waals surface area contributed by atoms with Crippen molar-refractivity contribution in [1.82, 2.24) is 25.1 Å². The lowest BCUT2D eigenvalue weighted by atomic mass is 10.1. The Kier molecular flexibility index (Phi) is 8.05. The first-order chi connectivity index (χ1) is 16.6. The molecule has 0 saturated heterocycles. The summed E-state index contributed by atoms with van der Waals surface area (Å²) in [6, 6.07) is -1.53. The molecule has 3 N–H and O–H groups in total. The van der Waals surface area contributed by atoms with Crippen LogP contribution in [0.5, 0.6) is 5.75 Å². The molecule has 1 aromatic heterocycles. The van der Waals surface area contributed by atoms with Crippen LogP contribution in [0.25, 0.3) is 0 Å². The summed E-state index contributed by atoms with van der Waals surface area (Å²) in [5.74, 6) is -3.40. The van der Waals surface area contributed by atoms with E-state index < -0.39 is 53.0 Å². The van der Waals surface area contributed by atoms with Gasteiger partial charge in [0.05, 0.1) is 19.3 Å². The standard InChI is InChI=1S/C23H30FN5O6/c1-12-8-14(6-5-7-15(12)24)9-26-20(31)17-18(30)22(33)29-13(2)10-35-11-16(19(29)27-17)28(4)23(34)21(32)25-3/h6,8,13,15-16,30H,5,7,9-11H2,1-4H3,(H,25,32)(H,26,31). The highest BCUT2D eigenvalue weighted by Crippen LogP contribution is 2.26. The van der Waals surface area contributed by atoms with Crippen LogP contribution in [0.1, 0.15) is 55.1 Å². The maximum absolute atomic E-state index is 13.9. The summed E-state index contributed by atoms with van der Waals surface area (Å²) in [6.07, 6.45) is 3.29. The van der Waals surface area contributed by atoms with Gasteiger partial charge < -0.3 is 25.4 Å². The highest BCUT2D eigenvalue weighted by Gasteiger charge is 2.35. The molecule has 0 saturated carbocycles. The van der Waals surface area contributed by atoms with Crippen LogP contribution in [-0.2, 0) is 14.3 Å². The molecule has 0 aromatic carbocycles. The SMILES string of the molecule is CNC(=O)C(=O)N(C)C1COCC(C)n2c1nc(C(=O)NCC1=CCCC(F)C(C)=C1)c(O)c2=O. The van der Waals surface area contributed by atoms with Crippen molar-refractivity contribution in [1.29, 1.82) is 0 Å². The zero-order chi connectivity index (χ0) is 25.9. The number of rotatable bonds is 4. The monoisotopic (exact) mass is 491 g/mol. The third-order valence-corrected chi connectivity index (χ3v) is 6.10. The highest BCUT2D eigenvalue weighted by molar-refractivity contribution is 6.34. The molecular formula is C23H30FN5O6. The molecule has 2 heterocycles. The second-order valence-electron chi connectivity index (χ2n) is 8.63. The molecule has 35 heavy (non-hydrogen) atoms. The third-order valence-electron chi connectivity index (χ3n) is 6.10. The van der Waals surface area contributed by atoms with E-state index >= 15 is 0 Å². The molecule has 1 aliphatic carbocycles. The first kappa shape index (κ1) is 26.1. The van der Waals surface area contributed by atoms with E-state index in [1.807, 2.05) is 6.08 Å². The summed E-state index contributed by atoms with van der Waals surface area (Å²) in [5, 5.41) is 15.4. The number of halogens is 1. The Morgan fingerprint density at radius 3 is 2.74 bits per heavy atom. The van der Waals surface area contributed by atoms with Gasteiger partial charge in [-0.3, -0.25) is 23.7 Å². The molecule has 11 nitrogen and oxygen atoms in total. The number of allylic oxidation sites excluding steroid dienone is 2. The molecule has 12 heteroatoms. The summed E-state index contributed by atoms with van der Waals surface area (Å²) in [4.78, 5) is 55.7. The molecular weight excluding hydrogens is 461 g/mol. The van der Waals surface area contributed by atoms with Crippen molar-refractivity contribution in [3.05, 3.63) is 45.2 Å². The number of ether oxygens (including phenoxy) is 1. The summed E-state index contributed by atoms with van der Waals surface area (Å²) in [7, 11) is 2.67. The van der Waals surface area contributed by atoms with Gasteiger partial charge in [0, 0.05) is 20.6 Å². The first-order valence-corrected chi connectivity index (χ1v) is 11.3. The fourth-order valence-corrected chi connectivity index (χ4v) is 4.03. The largest absolute Gasteiger partial charge is 0.501 e. The number of nitrogens with zero attached hydrogens (tertiary/aromatic N) is 3. The van der Waals surface area contributed by atoms with Crippen LogP contribution in [0, 0.1) is 0 Å². The molecule has 0 fully saturated rings.